The fourth-order valence-corrected chi connectivity index (χ4v) is 4.63. The Bertz CT molecular complexity index is 1000. The molecule has 7 heteroatoms. The Labute approximate surface area is 181 Å². The summed E-state index contributed by atoms with van der Waals surface area (Å²) in [5.74, 6) is 2.16. The number of carbonyl (C=O) groups is 1. The van der Waals surface area contributed by atoms with Crippen molar-refractivity contribution in [3.8, 4) is 0 Å². The zero-order valence-electron chi connectivity index (χ0n) is 17.5. The fraction of sp³-hybridized carbons (Fsp3) is 0.391. The summed E-state index contributed by atoms with van der Waals surface area (Å²) in [5.41, 5.74) is 2.09. The van der Waals surface area contributed by atoms with Crippen LogP contribution in [0.5, 0.6) is 0 Å². The van der Waals surface area contributed by atoms with Crippen molar-refractivity contribution in [3.05, 3.63) is 64.6 Å². The number of rotatable bonds is 6. The molecule has 0 saturated carbocycles. The van der Waals surface area contributed by atoms with Crippen molar-refractivity contribution in [3.63, 3.8) is 0 Å². The number of nitrogens with one attached hydrogen (secondary N) is 1. The fourth-order valence-electron chi connectivity index (χ4n) is 3.96. The number of carbonyl (C=O) groups excluding carboxylic acids is 1. The Morgan fingerprint density at radius 2 is 2.07 bits per heavy atom. The van der Waals surface area contributed by atoms with E-state index in [4.69, 9.17) is 0 Å². The number of anilines is 2. The number of aromatic nitrogens is 3. The van der Waals surface area contributed by atoms with E-state index in [0.717, 1.165) is 65.3 Å². The third-order valence-electron chi connectivity index (χ3n) is 5.31. The molecule has 3 heterocycles. The van der Waals surface area contributed by atoms with Crippen molar-refractivity contribution >= 4 is 28.2 Å². The first-order chi connectivity index (χ1) is 14.5. The van der Waals surface area contributed by atoms with E-state index in [1.54, 1.807) is 11.3 Å². The summed E-state index contributed by atoms with van der Waals surface area (Å²) in [4.78, 5) is 29.4. The predicted octanol–water partition coefficient (Wildman–Crippen LogP) is 4.32. The van der Waals surface area contributed by atoms with Crippen LogP contribution in [-0.4, -0.2) is 38.8 Å². The first-order valence-electron chi connectivity index (χ1n) is 10.4. The quantitative estimate of drug-likeness (QED) is 0.642. The number of benzene rings is 1. The maximum absolute atomic E-state index is 12.8. The van der Waals surface area contributed by atoms with E-state index in [9.17, 15) is 4.79 Å². The molecule has 1 aliphatic rings. The third-order valence-corrected chi connectivity index (χ3v) is 6.14. The number of piperidine rings is 1. The molecule has 0 aliphatic carbocycles. The van der Waals surface area contributed by atoms with Gasteiger partial charge in [0.15, 0.2) is 5.13 Å². The van der Waals surface area contributed by atoms with Crippen LogP contribution in [0.1, 0.15) is 34.8 Å². The summed E-state index contributed by atoms with van der Waals surface area (Å²) in [6.45, 7) is 5.59. The number of thiazole rings is 1. The highest BCUT2D eigenvalue weighted by Gasteiger charge is 2.24. The molecule has 3 aromatic rings. The zero-order chi connectivity index (χ0) is 20.9. The van der Waals surface area contributed by atoms with Crippen molar-refractivity contribution in [2.45, 2.75) is 39.5 Å². The number of hydrogen-bond acceptors (Lipinski definition) is 6. The van der Waals surface area contributed by atoms with Gasteiger partial charge in [0.25, 0.3) is 0 Å². The highest BCUT2D eigenvalue weighted by molar-refractivity contribution is 7.15. The van der Waals surface area contributed by atoms with Gasteiger partial charge in [-0.15, -0.1) is 11.3 Å². The number of amides is 1. The smallest absolute Gasteiger partial charge is 0.226 e. The second-order valence-electron chi connectivity index (χ2n) is 7.91. The van der Waals surface area contributed by atoms with E-state index in [0.29, 0.717) is 12.3 Å². The number of nitrogens with zero attached hydrogens (tertiary/aromatic N) is 4. The van der Waals surface area contributed by atoms with E-state index < -0.39 is 0 Å². The van der Waals surface area contributed by atoms with Gasteiger partial charge in [-0.1, -0.05) is 30.3 Å². The van der Waals surface area contributed by atoms with Crippen LogP contribution in [0.3, 0.4) is 0 Å². The van der Waals surface area contributed by atoms with Gasteiger partial charge in [-0.2, -0.15) is 0 Å². The molecular weight excluding hydrogens is 394 g/mol. The van der Waals surface area contributed by atoms with Crippen molar-refractivity contribution < 1.29 is 4.79 Å². The molecule has 1 aliphatic heterocycles. The molecule has 156 valence electrons. The van der Waals surface area contributed by atoms with Crippen LogP contribution < -0.4 is 5.32 Å². The van der Waals surface area contributed by atoms with E-state index in [-0.39, 0.29) is 5.91 Å². The van der Waals surface area contributed by atoms with Crippen molar-refractivity contribution in [1.29, 1.82) is 0 Å². The van der Waals surface area contributed by atoms with E-state index in [2.05, 4.69) is 20.3 Å². The molecule has 1 saturated heterocycles. The van der Waals surface area contributed by atoms with Gasteiger partial charge in [0.1, 0.15) is 11.6 Å². The largest absolute Gasteiger partial charge is 0.342 e. The lowest BCUT2D eigenvalue weighted by Crippen LogP contribution is -2.41. The number of likely N-dealkylation sites (tertiary alicyclic amines) is 1. The van der Waals surface area contributed by atoms with Gasteiger partial charge in [0.2, 0.25) is 5.91 Å². The van der Waals surface area contributed by atoms with Gasteiger partial charge in [-0.05, 0) is 44.6 Å². The zero-order valence-corrected chi connectivity index (χ0v) is 18.3. The summed E-state index contributed by atoms with van der Waals surface area (Å²) in [5, 5.41) is 4.13. The average Bonchev–Trinajstić information content (AvgIpc) is 3.13. The van der Waals surface area contributed by atoms with Crippen LogP contribution >= 0.6 is 11.3 Å². The maximum Gasteiger partial charge on any atom is 0.226 e. The molecule has 1 aromatic carbocycles. The molecule has 2 aromatic heterocycles. The molecule has 1 N–H and O–H groups in total. The first-order valence-corrected chi connectivity index (χ1v) is 11.2. The van der Waals surface area contributed by atoms with E-state index in [1.165, 1.54) is 0 Å². The van der Waals surface area contributed by atoms with Crippen molar-refractivity contribution in [2.75, 3.05) is 18.4 Å². The molecule has 0 unspecified atom stereocenters. The lowest BCUT2D eigenvalue weighted by molar-refractivity contribution is -0.132. The van der Waals surface area contributed by atoms with Gasteiger partial charge < -0.3 is 10.2 Å². The Kier molecular flexibility index (Phi) is 6.38. The van der Waals surface area contributed by atoms with Gasteiger partial charge >= 0.3 is 0 Å². The normalized spacial score (nSPS) is 16.5. The lowest BCUT2D eigenvalue weighted by Gasteiger charge is -2.33. The monoisotopic (exact) mass is 421 g/mol. The minimum Gasteiger partial charge on any atom is -0.342 e. The molecule has 1 fully saturated rings. The van der Waals surface area contributed by atoms with Crippen LogP contribution in [0.4, 0.5) is 10.9 Å². The minimum absolute atomic E-state index is 0.214. The van der Waals surface area contributed by atoms with Crippen LogP contribution in [0.15, 0.2) is 42.6 Å². The predicted molar refractivity (Wildman–Crippen MR) is 120 cm³/mol. The molecule has 1 amide bonds. The van der Waals surface area contributed by atoms with Crippen LogP contribution in [0.2, 0.25) is 0 Å². The second-order valence-corrected chi connectivity index (χ2v) is 9.14. The summed E-state index contributed by atoms with van der Waals surface area (Å²) >= 11 is 1.61. The summed E-state index contributed by atoms with van der Waals surface area (Å²) < 4.78 is 0. The Morgan fingerprint density at radius 1 is 1.23 bits per heavy atom. The molecule has 0 radical (unpaired) electrons. The lowest BCUT2D eigenvalue weighted by atomic mass is 9.93. The van der Waals surface area contributed by atoms with E-state index in [1.807, 2.05) is 61.3 Å². The van der Waals surface area contributed by atoms with Crippen LogP contribution in [0, 0.1) is 19.8 Å². The molecule has 1 atom stereocenters. The summed E-state index contributed by atoms with van der Waals surface area (Å²) in [7, 11) is 0. The summed E-state index contributed by atoms with van der Waals surface area (Å²) in [6, 6.07) is 12.0. The van der Waals surface area contributed by atoms with Gasteiger partial charge in [0, 0.05) is 35.9 Å². The number of hydrogen-bond donors (Lipinski definition) is 1. The van der Waals surface area contributed by atoms with Gasteiger partial charge in [-0.3, -0.25) is 4.79 Å². The van der Waals surface area contributed by atoms with Crippen molar-refractivity contribution in [2.24, 2.45) is 5.92 Å². The molecule has 30 heavy (non-hydrogen) atoms. The molecule has 0 spiro atoms. The number of aryl methyl sites for hydroxylation is 2. The highest BCUT2D eigenvalue weighted by atomic mass is 32.1. The first kappa shape index (κ1) is 20.5. The van der Waals surface area contributed by atoms with Crippen molar-refractivity contribution in [1.82, 2.24) is 19.9 Å². The Morgan fingerprint density at radius 3 is 2.83 bits per heavy atom. The topological polar surface area (TPSA) is 71.0 Å². The van der Waals surface area contributed by atoms with Crippen LogP contribution in [0.25, 0.3) is 0 Å². The standard InChI is InChI=1S/C23H27N5OS/c1-16-14-24-23(30-16)27-21-13-20(25-17(2)26-21)11-19-9-6-10-28(15-19)22(29)12-18-7-4-3-5-8-18/h3-5,7-8,13-14,19H,6,9-12,15H2,1-2H3,(H,24,25,26,27)/t19-/m0/s1. The van der Waals surface area contributed by atoms with Gasteiger partial charge in [-0.25, -0.2) is 15.0 Å². The second kappa shape index (κ2) is 9.34. The minimum atomic E-state index is 0.214. The molecule has 4 rings (SSSR count). The molecule has 6 nitrogen and oxygen atoms in total. The highest BCUT2D eigenvalue weighted by Crippen LogP contribution is 2.24. The molecule has 0 bridgehead atoms. The van der Waals surface area contributed by atoms with Crippen LogP contribution in [-0.2, 0) is 17.6 Å². The summed E-state index contributed by atoms with van der Waals surface area (Å²) in [6.07, 6.45) is 5.34. The Balaban J connectivity index is 1.39. The SMILES string of the molecule is Cc1nc(C[C@@H]2CCCN(C(=O)Cc3ccccc3)C2)cc(Nc2ncc(C)s2)n1. The third kappa shape index (κ3) is 5.42. The Hall–Kier alpha value is -2.80. The molecular formula is C23H27N5OS. The van der Waals surface area contributed by atoms with Gasteiger partial charge in [0.05, 0.1) is 6.42 Å². The maximum atomic E-state index is 12.8. The average molecular weight is 422 g/mol. The van der Waals surface area contributed by atoms with E-state index >= 15 is 0 Å².